The highest BCUT2D eigenvalue weighted by atomic mass is 35.5. The van der Waals surface area contributed by atoms with Crippen LogP contribution in [-0.4, -0.2) is 5.78 Å². The smallest absolute Gasteiger partial charge is 0.186 e. The molecule has 0 radical (unpaired) electrons. The molecule has 0 saturated carbocycles. The van der Waals surface area contributed by atoms with Gasteiger partial charge in [-0.3, -0.25) is 4.79 Å². The number of carbonyl (C=O) groups excluding carboxylic acids is 1. The first kappa shape index (κ1) is 40.6. The average molecular weight is 793 g/mol. The van der Waals surface area contributed by atoms with E-state index in [1.165, 1.54) is 11.1 Å². The van der Waals surface area contributed by atoms with Gasteiger partial charge in [0.15, 0.2) is 5.78 Å². The zero-order valence-electron chi connectivity index (χ0n) is 32.5. The minimum atomic E-state index is -0.374. The minimum Gasteiger partial charge on any atom is -0.289 e. The van der Waals surface area contributed by atoms with Gasteiger partial charge in [-0.25, -0.2) is 0 Å². The fourth-order valence-electron chi connectivity index (χ4n) is 6.57. The summed E-state index contributed by atoms with van der Waals surface area (Å²) >= 11 is 28.7. The maximum atomic E-state index is 14.0. The van der Waals surface area contributed by atoms with Crippen molar-refractivity contribution in [3.63, 3.8) is 0 Å². The number of hydrogen-bond acceptors (Lipinski definition) is 2. The Kier molecular flexibility index (Phi) is 11.4. The molecule has 5 rings (SSSR count). The molecule has 0 N–H and O–H groups in total. The molecule has 2 aliphatic carbocycles. The standard InChI is InChI=1S/C46H50Cl4OS/c1-43(2,3)28-19-26(20-29(23-28)44(4,5)6)40(32-15-13-30(47)24-36(32)49)38-17-18-39(52-38)41(33-16-14-31(48)25-37(33)50)27-21-34(45(7,8)9)42(51)35(22-27)46(10,11)12/h13-22,24-25H,23H2,1-12H3. The Balaban J connectivity index is 1.90. The van der Waals surface area contributed by atoms with Crippen LogP contribution in [0, 0.1) is 21.7 Å². The number of rotatable bonds is 4. The molecule has 1 nitrogen and oxygen atoms in total. The molecule has 0 amide bonds. The van der Waals surface area contributed by atoms with Crippen molar-refractivity contribution in [2.75, 3.05) is 0 Å². The van der Waals surface area contributed by atoms with Crippen LogP contribution >= 0.6 is 57.7 Å². The Morgan fingerprint density at radius 2 is 0.885 bits per heavy atom. The number of thiophene rings is 1. The summed E-state index contributed by atoms with van der Waals surface area (Å²) in [5.41, 5.74) is 9.29. The molecule has 0 aliphatic heterocycles. The zero-order valence-corrected chi connectivity index (χ0v) is 36.3. The average Bonchev–Trinajstić information content (AvgIpc) is 3.47. The molecule has 274 valence electrons. The van der Waals surface area contributed by atoms with Crippen molar-refractivity contribution in [2.24, 2.45) is 21.7 Å². The van der Waals surface area contributed by atoms with E-state index in [1.807, 2.05) is 30.3 Å². The number of Topliss-reactive ketones (excluding diaryl/α,β-unsaturated/α-hetero) is 1. The third-order valence-electron chi connectivity index (χ3n) is 9.75. The monoisotopic (exact) mass is 790 g/mol. The molecule has 3 aromatic rings. The van der Waals surface area contributed by atoms with E-state index in [9.17, 15) is 4.79 Å². The molecule has 0 atom stereocenters. The Morgan fingerprint density at radius 1 is 0.519 bits per heavy atom. The van der Waals surface area contributed by atoms with Gasteiger partial charge in [0.2, 0.25) is 0 Å². The van der Waals surface area contributed by atoms with Gasteiger partial charge in [-0.2, -0.15) is 0 Å². The first-order valence-corrected chi connectivity index (χ1v) is 20.1. The van der Waals surface area contributed by atoms with E-state index < -0.39 is 0 Å². The maximum absolute atomic E-state index is 14.0. The fraction of sp³-hybridized carbons (Fsp3) is 0.370. The predicted molar refractivity (Wildman–Crippen MR) is 229 cm³/mol. The summed E-state index contributed by atoms with van der Waals surface area (Å²) in [5, 5.41) is 2.28. The molecule has 0 spiro atoms. The highest BCUT2D eigenvalue weighted by Crippen LogP contribution is 2.48. The Hall–Kier alpha value is -2.59. The van der Waals surface area contributed by atoms with Gasteiger partial charge in [0, 0.05) is 63.3 Å². The Bertz CT molecular complexity index is 2070. The van der Waals surface area contributed by atoms with Gasteiger partial charge in [-0.05, 0) is 87.8 Å². The predicted octanol–water partition coefficient (Wildman–Crippen LogP) is 15.8. The van der Waals surface area contributed by atoms with Crippen LogP contribution in [0.3, 0.4) is 0 Å². The first-order chi connectivity index (χ1) is 23.9. The Labute approximate surface area is 335 Å². The molecule has 0 unspecified atom stereocenters. The quantitative estimate of drug-likeness (QED) is 0.257. The highest BCUT2D eigenvalue weighted by Gasteiger charge is 2.35. The molecule has 52 heavy (non-hydrogen) atoms. The van der Waals surface area contributed by atoms with Gasteiger partial charge in [-0.1, -0.05) is 165 Å². The third-order valence-corrected chi connectivity index (χ3v) is 12.0. The van der Waals surface area contributed by atoms with Crippen LogP contribution in [-0.2, 0) is 4.79 Å². The number of carbonyl (C=O) groups is 1. The van der Waals surface area contributed by atoms with E-state index in [0.29, 0.717) is 20.1 Å². The maximum Gasteiger partial charge on any atom is 0.186 e. The van der Waals surface area contributed by atoms with Crippen molar-refractivity contribution >= 4 is 74.7 Å². The molecular weight excluding hydrogens is 742 g/mol. The molecule has 2 aromatic carbocycles. The van der Waals surface area contributed by atoms with Crippen molar-refractivity contribution in [2.45, 2.75) is 89.5 Å². The van der Waals surface area contributed by atoms with Crippen LogP contribution in [0.4, 0.5) is 0 Å². The van der Waals surface area contributed by atoms with E-state index in [1.54, 1.807) is 17.4 Å². The second-order valence-corrected chi connectivity index (χ2v) is 20.8. The van der Waals surface area contributed by atoms with Crippen molar-refractivity contribution in [3.05, 3.63) is 147 Å². The van der Waals surface area contributed by atoms with E-state index >= 15 is 0 Å². The molecule has 0 saturated heterocycles. The number of hydrogen-bond donors (Lipinski definition) is 0. The van der Waals surface area contributed by atoms with Crippen molar-refractivity contribution in [1.82, 2.24) is 0 Å². The number of benzene rings is 2. The van der Waals surface area contributed by atoms with E-state index in [4.69, 9.17) is 46.4 Å². The number of ketones is 1. The molecule has 0 fully saturated rings. The van der Waals surface area contributed by atoms with Crippen LogP contribution < -0.4 is 0 Å². The lowest BCUT2D eigenvalue weighted by atomic mass is 9.71. The lowest BCUT2D eigenvalue weighted by Gasteiger charge is -2.33. The SMILES string of the molecule is CC(C)(C)C1=CC(=C(c2ccc(C(=C3C=C(C(C)(C)C)C(=O)C(C(C)(C)C)=C3)c3ccc(Cl)cc3Cl)s2)c2ccc(Cl)cc2Cl)C=C(C(C)(C)C)C1. The van der Waals surface area contributed by atoms with Gasteiger partial charge in [0.25, 0.3) is 0 Å². The topological polar surface area (TPSA) is 17.1 Å². The van der Waals surface area contributed by atoms with Crippen LogP contribution in [0.5, 0.6) is 0 Å². The van der Waals surface area contributed by atoms with Gasteiger partial charge in [0.1, 0.15) is 0 Å². The van der Waals surface area contributed by atoms with E-state index in [0.717, 1.165) is 60.7 Å². The summed E-state index contributed by atoms with van der Waals surface area (Å²) in [6.45, 7) is 26.2. The van der Waals surface area contributed by atoms with Gasteiger partial charge in [0.05, 0.1) is 0 Å². The summed E-state index contributed by atoms with van der Waals surface area (Å²) in [5.74, 6) is 0.0850. The normalized spacial score (nSPS) is 16.0. The minimum absolute atomic E-state index is 0.0267. The molecule has 1 heterocycles. The van der Waals surface area contributed by atoms with E-state index in [-0.39, 0.29) is 27.4 Å². The second kappa shape index (κ2) is 14.6. The van der Waals surface area contributed by atoms with Gasteiger partial charge >= 0.3 is 0 Å². The fourth-order valence-corrected chi connectivity index (χ4v) is 8.75. The summed E-state index contributed by atoms with van der Waals surface area (Å²) in [6, 6.07) is 15.7. The summed E-state index contributed by atoms with van der Waals surface area (Å²) < 4.78 is 0. The zero-order chi connectivity index (χ0) is 38.7. The second-order valence-electron chi connectivity index (χ2n) is 18.0. The van der Waals surface area contributed by atoms with Crippen molar-refractivity contribution < 1.29 is 4.79 Å². The summed E-state index contributed by atoms with van der Waals surface area (Å²) in [7, 11) is 0. The van der Waals surface area contributed by atoms with Crippen molar-refractivity contribution in [3.8, 4) is 0 Å². The Morgan fingerprint density at radius 3 is 1.21 bits per heavy atom. The van der Waals surface area contributed by atoms with Crippen LogP contribution in [0.15, 0.2) is 106 Å². The third kappa shape index (κ3) is 8.69. The van der Waals surface area contributed by atoms with Crippen molar-refractivity contribution in [1.29, 1.82) is 0 Å². The molecule has 0 bridgehead atoms. The van der Waals surface area contributed by atoms with Gasteiger partial charge in [-0.15, -0.1) is 11.3 Å². The number of halogens is 4. The molecule has 6 heteroatoms. The van der Waals surface area contributed by atoms with Crippen LogP contribution in [0.25, 0.3) is 11.1 Å². The molecule has 2 aliphatic rings. The number of allylic oxidation sites excluding steroid dienone is 10. The lowest BCUT2D eigenvalue weighted by molar-refractivity contribution is -0.114. The van der Waals surface area contributed by atoms with Crippen LogP contribution in [0.2, 0.25) is 20.1 Å². The summed E-state index contributed by atoms with van der Waals surface area (Å²) in [4.78, 5) is 16.1. The summed E-state index contributed by atoms with van der Waals surface area (Å²) in [6.07, 6.45) is 9.75. The molecule has 1 aromatic heterocycles. The largest absolute Gasteiger partial charge is 0.289 e. The molecular formula is C46H50Cl4OS. The first-order valence-electron chi connectivity index (χ1n) is 17.8. The van der Waals surface area contributed by atoms with Crippen LogP contribution in [0.1, 0.15) is 110 Å². The highest BCUT2D eigenvalue weighted by molar-refractivity contribution is 7.14. The van der Waals surface area contributed by atoms with E-state index in [2.05, 4.69) is 120 Å². The van der Waals surface area contributed by atoms with Gasteiger partial charge < -0.3 is 0 Å². The lowest BCUT2D eigenvalue weighted by Crippen LogP contribution is -2.28.